The van der Waals surface area contributed by atoms with E-state index in [1.807, 2.05) is 41.5 Å². The Morgan fingerprint density at radius 1 is 1.06 bits per heavy atom. The molecule has 3 rings (SSSR count). The van der Waals surface area contributed by atoms with Crippen molar-refractivity contribution >= 4 is 24.3 Å². The number of rotatable bonds is 4. The minimum absolute atomic E-state index is 0.136. The molecule has 1 saturated heterocycles. The monoisotopic (exact) mass is 489 g/mol. The van der Waals surface area contributed by atoms with E-state index in [1.54, 1.807) is 12.1 Å². The number of nitrogens with one attached hydrogen (secondary N) is 3. The molecule has 5 amide bonds. The summed E-state index contributed by atoms with van der Waals surface area (Å²) in [6.07, 6.45) is 0.739. The van der Waals surface area contributed by atoms with E-state index in [0.29, 0.717) is 5.56 Å². The Kier molecular flexibility index (Phi) is 7.42. The first kappa shape index (κ1) is 26.4. The predicted octanol–water partition coefficient (Wildman–Crippen LogP) is 2.39. The molecule has 3 N–H and O–H groups in total. The van der Waals surface area contributed by atoms with Crippen molar-refractivity contribution in [1.29, 1.82) is 0 Å². The van der Waals surface area contributed by atoms with Crippen LogP contribution in [-0.2, 0) is 22.7 Å². The molecule has 192 valence electrons. The van der Waals surface area contributed by atoms with Gasteiger partial charge in [0.15, 0.2) is 0 Å². The Labute approximate surface area is 205 Å². The van der Waals surface area contributed by atoms with E-state index >= 15 is 0 Å². The van der Waals surface area contributed by atoms with Crippen LogP contribution in [0.15, 0.2) is 18.2 Å². The van der Waals surface area contributed by atoms with Crippen LogP contribution < -0.4 is 16.0 Å². The summed E-state index contributed by atoms with van der Waals surface area (Å²) in [5.41, 5.74) is 0.183. The molecule has 2 heterocycles. The van der Waals surface area contributed by atoms with Crippen molar-refractivity contribution in [3.05, 3.63) is 35.1 Å². The minimum atomic E-state index is -0.831. The van der Waals surface area contributed by atoms with Gasteiger partial charge in [0, 0.05) is 30.7 Å². The summed E-state index contributed by atoms with van der Waals surface area (Å²) in [6.45, 7) is 11.8. The number of halogens is 1. The summed E-state index contributed by atoms with van der Waals surface area (Å²) in [5.74, 6) is -1.26. The number of likely N-dealkylation sites (tertiary alicyclic amines) is 1. The van der Waals surface area contributed by atoms with Crippen molar-refractivity contribution < 1.29 is 23.6 Å². The van der Waals surface area contributed by atoms with Gasteiger partial charge in [-0.2, -0.15) is 0 Å². The van der Waals surface area contributed by atoms with Crippen molar-refractivity contribution in [2.24, 2.45) is 11.3 Å². The number of carbonyl (C=O) groups is 4. The number of hydrogen-bond acceptors (Lipinski definition) is 4. The first-order valence-corrected chi connectivity index (χ1v) is 11.8. The highest BCUT2D eigenvalue weighted by molar-refractivity contribution is 5.88. The molecule has 2 aliphatic heterocycles. The first-order chi connectivity index (χ1) is 16.2. The molecule has 2 aliphatic rings. The summed E-state index contributed by atoms with van der Waals surface area (Å²) in [5, 5.41) is 8.43. The molecule has 0 bridgehead atoms. The van der Waals surface area contributed by atoms with Crippen LogP contribution in [0.25, 0.3) is 0 Å². The fourth-order valence-corrected chi connectivity index (χ4v) is 4.41. The number of benzene rings is 1. The number of hydrogen-bond donors (Lipinski definition) is 3. The topological polar surface area (TPSA) is 111 Å². The van der Waals surface area contributed by atoms with Crippen LogP contribution in [-0.4, -0.2) is 64.8 Å². The lowest BCUT2D eigenvalue weighted by molar-refractivity contribution is -0.134. The maximum Gasteiger partial charge on any atom is 0.318 e. The highest BCUT2D eigenvalue weighted by atomic mass is 19.1. The van der Waals surface area contributed by atoms with Crippen LogP contribution in [0, 0.1) is 17.2 Å². The molecule has 35 heavy (non-hydrogen) atoms. The number of nitrogens with zero attached hydrogens (tertiary/aromatic N) is 2. The lowest BCUT2D eigenvalue weighted by Crippen LogP contribution is -2.58. The zero-order valence-corrected chi connectivity index (χ0v) is 21.3. The molecule has 10 heteroatoms. The zero-order valence-electron chi connectivity index (χ0n) is 21.3. The smallest absolute Gasteiger partial charge is 0.318 e. The summed E-state index contributed by atoms with van der Waals surface area (Å²) in [7, 11) is 0. The summed E-state index contributed by atoms with van der Waals surface area (Å²) < 4.78 is 14.1. The minimum Gasteiger partial charge on any atom is -0.338 e. The Morgan fingerprint density at radius 3 is 2.31 bits per heavy atom. The van der Waals surface area contributed by atoms with Gasteiger partial charge in [0.25, 0.3) is 0 Å². The maximum atomic E-state index is 14.1. The molecule has 3 atom stereocenters. The van der Waals surface area contributed by atoms with Gasteiger partial charge in [0.1, 0.15) is 18.1 Å². The predicted molar refractivity (Wildman–Crippen MR) is 129 cm³/mol. The van der Waals surface area contributed by atoms with E-state index in [0.717, 1.165) is 11.8 Å². The van der Waals surface area contributed by atoms with Crippen molar-refractivity contribution in [2.75, 3.05) is 13.1 Å². The van der Waals surface area contributed by atoms with Gasteiger partial charge in [0.2, 0.25) is 5.91 Å². The maximum absolute atomic E-state index is 14.1. The SMILES string of the molecule is CC(C)(C)NC(=O)N[C@H](C(=O)N1C[C@H](NC(=O)N2Cc3cccc(F)c3C2)[C@@H](C=O)C1)C(C)(C)C. The Hall–Kier alpha value is -3.17. The second-order valence-corrected chi connectivity index (χ2v) is 11.5. The second-order valence-electron chi connectivity index (χ2n) is 11.5. The molecular formula is C25H36FN5O4. The van der Waals surface area contributed by atoms with Gasteiger partial charge in [-0.15, -0.1) is 0 Å². The van der Waals surface area contributed by atoms with Gasteiger partial charge in [0.05, 0.1) is 18.5 Å². The van der Waals surface area contributed by atoms with E-state index < -0.39 is 41.0 Å². The van der Waals surface area contributed by atoms with Gasteiger partial charge in [-0.3, -0.25) is 4.79 Å². The van der Waals surface area contributed by atoms with Gasteiger partial charge in [-0.1, -0.05) is 32.9 Å². The highest BCUT2D eigenvalue weighted by Gasteiger charge is 2.42. The lowest BCUT2D eigenvalue weighted by atomic mass is 9.86. The van der Waals surface area contributed by atoms with Crippen LogP contribution in [0.4, 0.5) is 14.0 Å². The summed E-state index contributed by atoms with van der Waals surface area (Å²) >= 11 is 0. The molecule has 0 unspecified atom stereocenters. The molecule has 1 aromatic rings. The van der Waals surface area contributed by atoms with Gasteiger partial charge >= 0.3 is 12.1 Å². The summed E-state index contributed by atoms with van der Waals surface area (Å²) in [4.78, 5) is 53.6. The van der Waals surface area contributed by atoms with Crippen molar-refractivity contribution in [1.82, 2.24) is 25.8 Å². The third kappa shape index (κ3) is 6.29. The fraction of sp³-hybridized carbons (Fsp3) is 0.600. The standard InChI is InChI=1S/C25H36FN5O4/c1-24(2,3)20(28-22(34)29-25(4,5)6)21(33)30-11-16(14-32)19(13-30)27-23(35)31-10-15-8-7-9-18(26)17(15)12-31/h7-9,14,16,19-20H,10-13H2,1-6H3,(H,27,35)(H2,28,29,34)/t16-,19+,20-/m1/s1. The number of fused-ring (bicyclic) bond motifs is 1. The average Bonchev–Trinajstić information content (AvgIpc) is 3.34. The quantitative estimate of drug-likeness (QED) is 0.564. The van der Waals surface area contributed by atoms with Crippen molar-refractivity contribution in [2.45, 2.75) is 72.3 Å². The summed E-state index contributed by atoms with van der Waals surface area (Å²) in [6, 6.07) is 2.48. The van der Waals surface area contributed by atoms with E-state index in [9.17, 15) is 23.6 Å². The van der Waals surface area contributed by atoms with Crippen molar-refractivity contribution in [3.63, 3.8) is 0 Å². The number of aldehydes is 1. The van der Waals surface area contributed by atoms with E-state index in [2.05, 4.69) is 16.0 Å². The number of carbonyl (C=O) groups excluding carboxylic acids is 4. The van der Waals surface area contributed by atoms with E-state index in [-0.39, 0.29) is 37.9 Å². The highest BCUT2D eigenvalue weighted by Crippen LogP contribution is 2.27. The molecule has 0 saturated carbocycles. The molecular weight excluding hydrogens is 453 g/mol. The lowest BCUT2D eigenvalue weighted by Gasteiger charge is -2.34. The first-order valence-electron chi connectivity index (χ1n) is 11.8. The largest absolute Gasteiger partial charge is 0.338 e. The molecule has 0 spiro atoms. The molecule has 1 aromatic carbocycles. The van der Waals surface area contributed by atoms with E-state index in [1.165, 1.54) is 15.9 Å². The normalized spacial score (nSPS) is 20.8. The zero-order chi connectivity index (χ0) is 26.1. The Bertz CT molecular complexity index is 1000. The second kappa shape index (κ2) is 9.83. The van der Waals surface area contributed by atoms with Gasteiger partial charge in [-0.25, -0.2) is 14.0 Å². The fourth-order valence-electron chi connectivity index (χ4n) is 4.41. The Balaban J connectivity index is 1.67. The van der Waals surface area contributed by atoms with Crippen LogP contribution in [0.3, 0.4) is 0 Å². The van der Waals surface area contributed by atoms with Gasteiger partial charge in [-0.05, 0) is 37.8 Å². The third-order valence-corrected chi connectivity index (χ3v) is 6.25. The molecule has 0 aromatic heterocycles. The molecule has 0 aliphatic carbocycles. The average molecular weight is 490 g/mol. The third-order valence-electron chi connectivity index (χ3n) is 6.25. The van der Waals surface area contributed by atoms with Gasteiger partial charge < -0.3 is 30.5 Å². The number of urea groups is 2. The Morgan fingerprint density at radius 2 is 1.74 bits per heavy atom. The molecule has 0 radical (unpaired) electrons. The van der Waals surface area contributed by atoms with Crippen LogP contribution in [0.1, 0.15) is 52.7 Å². The molecule has 1 fully saturated rings. The van der Waals surface area contributed by atoms with Crippen LogP contribution >= 0.6 is 0 Å². The van der Waals surface area contributed by atoms with Crippen LogP contribution in [0.5, 0.6) is 0 Å². The molecule has 9 nitrogen and oxygen atoms in total. The number of amides is 5. The van der Waals surface area contributed by atoms with Crippen LogP contribution in [0.2, 0.25) is 0 Å². The van der Waals surface area contributed by atoms with Crippen molar-refractivity contribution in [3.8, 4) is 0 Å². The van der Waals surface area contributed by atoms with E-state index in [4.69, 9.17) is 0 Å².